The summed E-state index contributed by atoms with van der Waals surface area (Å²) >= 11 is 5.03. The molecule has 2 aromatic heterocycles. The Kier molecular flexibility index (Phi) is 4.72. The first-order valence-electron chi connectivity index (χ1n) is 6.05. The third-order valence-corrected chi connectivity index (χ3v) is 4.58. The maximum absolute atomic E-state index is 11.3. The Morgan fingerprint density at radius 2 is 2.30 bits per heavy atom. The van der Waals surface area contributed by atoms with Crippen molar-refractivity contribution >= 4 is 38.9 Å². The highest BCUT2D eigenvalue weighted by Crippen LogP contribution is 2.24. The van der Waals surface area contributed by atoms with Crippen LogP contribution < -0.4 is 5.32 Å². The number of thiophene rings is 1. The molecule has 0 aliphatic rings. The van der Waals surface area contributed by atoms with Gasteiger partial charge < -0.3 is 10.4 Å². The lowest BCUT2D eigenvalue weighted by Gasteiger charge is -2.10. The highest BCUT2D eigenvalue weighted by Gasteiger charge is 2.15. The predicted octanol–water partition coefficient (Wildman–Crippen LogP) is 3.73. The molecule has 0 unspecified atom stereocenters. The normalized spacial score (nSPS) is 10.8. The lowest BCUT2D eigenvalue weighted by atomic mass is 10.2. The van der Waals surface area contributed by atoms with Crippen LogP contribution in [0.25, 0.3) is 0 Å². The molecule has 2 rings (SSSR count). The average Bonchev–Trinajstić information content (AvgIpc) is 2.81. The number of aromatic nitrogens is 2. The first-order chi connectivity index (χ1) is 9.49. The van der Waals surface area contributed by atoms with Crippen molar-refractivity contribution in [2.45, 2.75) is 26.3 Å². The van der Waals surface area contributed by atoms with Gasteiger partial charge in [-0.15, -0.1) is 11.3 Å². The van der Waals surface area contributed by atoms with Crippen LogP contribution in [0, 0.1) is 0 Å². The van der Waals surface area contributed by atoms with Crippen LogP contribution >= 0.6 is 27.3 Å². The van der Waals surface area contributed by atoms with Gasteiger partial charge >= 0.3 is 5.97 Å². The molecule has 2 N–H and O–H groups in total. The SMILES string of the molecule is CC(C)c1ncc(NCc2sccc2Br)c(C(=O)O)n1. The smallest absolute Gasteiger partial charge is 0.356 e. The summed E-state index contributed by atoms with van der Waals surface area (Å²) in [4.78, 5) is 20.7. The number of halogens is 1. The molecule has 0 fully saturated rings. The van der Waals surface area contributed by atoms with Crippen LogP contribution in [0.5, 0.6) is 0 Å². The Morgan fingerprint density at radius 3 is 2.85 bits per heavy atom. The van der Waals surface area contributed by atoms with Crippen LogP contribution in [-0.2, 0) is 6.54 Å². The van der Waals surface area contributed by atoms with Crippen LogP contribution in [0.3, 0.4) is 0 Å². The van der Waals surface area contributed by atoms with Crippen LogP contribution in [0.15, 0.2) is 22.1 Å². The Hall–Kier alpha value is -1.47. The number of anilines is 1. The van der Waals surface area contributed by atoms with E-state index in [-0.39, 0.29) is 11.6 Å². The molecule has 5 nitrogen and oxygen atoms in total. The highest BCUT2D eigenvalue weighted by molar-refractivity contribution is 9.10. The topological polar surface area (TPSA) is 75.1 Å². The fraction of sp³-hybridized carbons (Fsp3) is 0.308. The molecular weight excluding hydrogens is 342 g/mol. The number of carboxylic acids is 1. The maximum atomic E-state index is 11.3. The summed E-state index contributed by atoms with van der Waals surface area (Å²) in [7, 11) is 0. The number of carbonyl (C=O) groups is 1. The van der Waals surface area contributed by atoms with E-state index in [0.717, 1.165) is 9.35 Å². The molecule has 0 bridgehead atoms. The van der Waals surface area contributed by atoms with Crippen molar-refractivity contribution in [3.05, 3.63) is 38.5 Å². The molecule has 0 amide bonds. The molecule has 0 atom stereocenters. The molecule has 2 heterocycles. The van der Waals surface area contributed by atoms with E-state index >= 15 is 0 Å². The summed E-state index contributed by atoms with van der Waals surface area (Å²) in [6.07, 6.45) is 1.54. The summed E-state index contributed by atoms with van der Waals surface area (Å²) < 4.78 is 1.01. The van der Waals surface area contributed by atoms with Crippen LogP contribution in [0.1, 0.15) is 41.0 Å². The number of rotatable bonds is 5. The fourth-order valence-corrected chi connectivity index (χ4v) is 3.02. The van der Waals surface area contributed by atoms with Crippen LogP contribution in [0.2, 0.25) is 0 Å². The Morgan fingerprint density at radius 1 is 1.55 bits per heavy atom. The van der Waals surface area contributed by atoms with Gasteiger partial charge in [0.25, 0.3) is 0 Å². The molecular formula is C13H14BrN3O2S. The minimum Gasteiger partial charge on any atom is -0.476 e. The number of carboxylic acid groups (broad SMARTS) is 1. The number of hydrogen-bond acceptors (Lipinski definition) is 5. The molecule has 0 radical (unpaired) electrons. The first kappa shape index (κ1) is 14.9. The molecule has 0 saturated heterocycles. The highest BCUT2D eigenvalue weighted by atomic mass is 79.9. The van der Waals surface area contributed by atoms with Crippen molar-refractivity contribution in [1.29, 1.82) is 0 Å². The lowest BCUT2D eigenvalue weighted by Crippen LogP contribution is -2.12. The summed E-state index contributed by atoms with van der Waals surface area (Å²) in [6, 6.07) is 1.96. The average molecular weight is 356 g/mol. The van der Waals surface area contributed by atoms with Gasteiger partial charge in [-0.2, -0.15) is 0 Å². The zero-order valence-corrected chi connectivity index (χ0v) is 13.5. The third-order valence-electron chi connectivity index (χ3n) is 2.66. The number of nitrogens with zero attached hydrogens (tertiary/aromatic N) is 2. The van der Waals surface area contributed by atoms with Gasteiger partial charge in [0.1, 0.15) is 5.82 Å². The van der Waals surface area contributed by atoms with E-state index in [4.69, 9.17) is 0 Å². The van der Waals surface area contributed by atoms with E-state index in [1.165, 1.54) is 6.20 Å². The second-order valence-electron chi connectivity index (χ2n) is 4.50. The number of hydrogen-bond donors (Lipinski definition) is 2. The molecule has 0 saturated carbocycles. The summed E-state index contributed by atoms with van der Waals surface area (Å²) in [5.74, 6) is -0.430. The van der Waals surface area contributed by atoms with Crippen molar-refractivity contribution in [3.8, 4) is 0 Å². The van der Waals surface area contributed by atoms with E-state index in [9.17, 15) is 9.90 Å². The van der Waals surface area contributed by atoms with E-state index < -0.39 is 5.97 Å². The van der Waals surface area contributed by atoms with Gasteiger partial charge in [0.2, 0.25) is 0 Å². The number of aromatic carboxylic acids is 1. The van der Waals surface area contributed by atoms with Gasteiger partial charge in [0.15, 0.2) is 5.69 Å². The van der Waals surface area contributed by atoms with E-state index in [1.807, 2.05) is 25.3 Å². The largest absolute Gasteiger partial charge is 0.476 e. The molecule has 20 heavy (non-hydrogen) atoms. The zero-order valence-electron chi connectivity index (χ0n) is 11.1. The minimum absolute atomic E-state index is 0.0105. The van der Waals surface area contributed by atoms with Crippen molar-refractivity contribution < 1.29 is 9.90 Å². The first-order valence-corrected chi connectivity index (χ1v) is 7.72. The molecule has 106 valence electrons. The van der Waals surface area contributed by atoms with E-state index in [0.29, 0.717) is 18.1 Å². The molecule has 0 aliphatic carbocycles. The van der Waals surface area contributed by atoms with E-state index in [1.54, 1.807) is 11.3 Å². The fourth-order valence-electron chi connectivity index (χ4n) is 1.59. The van der Waals surface area contributed by atoms with Gasteiger partial charge in [0.05, 0.1) is 18.4 Å². The third kappa shape index (κ3) is 3.34. The summed E-state index contributed by atoms with van der Waals surface area (Å²) in [6.45, 7) is 4.39. The van der Waals surface area contributed by atoms with E-state index in [2.05, 4.69) is 31.2 Å². The standard InChI is InChI=1S/C13H14BrN3O2S/c1-7(2)12-16-5-9(11(17-12)13(18)19)15-6-10-8(14)3-4-20-10/h3-5,7,15H,6H2,1-2H3,(H,18,19). The van der Waals surface area contributed by atoms with Gasteiger partial charge in [0, 0.05) is 15.3 Å². The maximum Gasteiger partial charge on any atom is 0.356 e. The Bertz CT molecular complexity index is 628. The molecule has 0 aliphatic heterocycles. The lowest BCUT2D eigenvalue weighted by molar-refractivity contribution is 0.0691. The van der Waals surface area contributed by atoms with Gasteiger partial charge in [-0.3, -0.25) is 0 Å². The summed E-state index contributed by atoms with van der Waals surface area (Å²) in [5, 5.41) is 14.3. The number of nitrogens with one attached hydrogen (secondary N) is 1. The van der Waals surface area contributed by atoms with Crippen LogP contribution in [-0.4, -0.2) is 21.0 Å². The molecule has 2 aromatic rings. The summed E-state index contributed by atoms with van der Waals surface area (Å²) in [5.41, 5.74) is 0.443. The van der Waals surface area contributed by atoms with Gasteiger partial charge in [-0.25, -0.2) is 14.8 Å². The van der Waals surface area contributed by atoms with Crippen LogP contribution in [0.4, 0.5) is 5.69 Å². The predicted molar refractivity (Wildman–Crippen MR) is 82.4 cm³/mol. The van der Waals surface area contributed by atoms with Crippen molar-refractivity contribution in [2.24, 2.45) is 0 Å². The van der Waals surface area contributed by atoms with Gasteiger partial charge in [-0.05, 0) is 27.4 Å². The van der Waals surface area contributed by atoms with Crippen molar-refractivity contribution in [2.75, 3.05) is 5.32 Å². The monoisotopic (exact) mass is 355 g/mol. The second-order valence-corrected chi connectivity index (χ2v) is 6.35. The minimum atomic E-state index is -1.05. The second kappa shape index (κ2) is 6.32. The Balaban J connectivity index is 2.23. The van der Waals surface area contributed by atoms with Crippen molar-refractivity contribution in [3.63, 3.8) is 0 Å². The zero-order chi connectivity index (χ0) is 14.7. The van der Waals surface area contributed by atoms with Crippen molar-refractivity contribution in [1.82, 2.24) is 9.97 Å². The quantitative estimate of drug-likeness (QED) is 0.854. The molecule has 0 aromatic carbocycles. The van der Waals surface area contributed by atoms with Gasteiger partial charge in [-0.1, -0.05) is 13.8 Å². The Labute approximate surface area is 129 Å². The molecule has 7 heteroatoms. The molecule has 0 spiro atoms.